The van der Waals surface area contributed by atoms with E-state index in [1.165, 1.54) is 12.3 Å². The van der Waals surface area contributed by atoms with Gasteiger partial charge in [0.05, 0.1) is 29.6 Å². The van der Waals surface area contributed by atoms with E-state index in [4.69, 9.17) is 5.53 Å². The molecule has 3 amide bonds. The van der Waals surface area contributed by atoms with Crippen LogP contribution < -0.4 is 10.6 Å². The lowest BCUT2D eigenvalue weighted by atomic mass is 10.1. The van der Waals surface area contributed by atoms with Crippen molar-refractivity contribution in [2.75, 3.05) is 25.5 Å². The maximum atomic E-state index is 13.4. The number of aromatic nitrogens is 3. The Bertz CT molecular complexity index is 1740. The summed E-state index contributed by atoms with van der Waals surface area (Å²) >= 11 is 0. The van der Waals surface area contributed by atoms with Crippen molar-refractivity contribution >= 4 is 46.2 Å². The fourth-order valence-electron chi connectivity index (χ4n) is 5.52. The van der Waals surface area contributed by atoms with Gasteiger partial charge in [-0.1, -0.05) is 25.0 Å². The first-order valence-corrected chi connectivity index (χ1v) is 15.4. The predicted molar refractivity (Wildman–Crippen MR) is 173 cm³/mol. The molecule has 3 heterocycles. The molecule has 0 saturated carbocycles. The molecule has 0 saturated heterocycles. The number of rotatable bonds is 14. The topological polar surface area (TPSA) is 197 Å². The molecule has 14 nitrogen and oxygen atoms in total. The zero-order valence-corrected chi connectivity index (χ0v) is 26.0. The summed E-state index contributed by atoms with van der Waals surface area (Å²) < 4.78 is 0. The number of imidazole rings is 1. The van der Waals surface area contributed by atoms with Crippen molar-refractivity contribution in [1.29, 1.82) is 5.53 Å². The minimum absolute atomic E-state index is 0.207. The van der Waals surface area contributed by atoms with Gasteiger partial charge in [-0.15, -0.1) is 5.11 Å². The van der Waals surface area contributed by atoms with Crippen molar-refractivity contribution in [3.05, 3.63) is 83.3 Å². The van der Waals surface area contributed by atoms with Crippen LogP contribution in [0.3, 0.4) is 0 Å². The average Bonchev–Trinajstić information content (AvgIpc) is 3.43. The monoisotopic (exact) mass is 639 g/mol. The minimum atomic E-state index is -1.08. The Hall–Kier alpha value is -5.66. The molecular formula is C33H37N9O5. The van der Waals surface area contributed by atoms with Crippen LogP contribution in [-0.4, -0.2) is 79.7 Å². The first kappa shape index (κ1) is 32.7. The zero-order chi connectivity index (χ0) is 33.3. The smallest absolute Gasteiger partial charge is 0.305 e. The highest BCUT2D eigenvalue weighted by atomic mass is 16.4. The Morgan fingerprint density at radius 3 is 2.62 bits per heavy atom. The fraction of sp³-hybridized carbons (Fsp3) is 0.333. The van der Waals surface area contributed by atoms with E-state index in [-0.39, 0.29) is 43.0 Å². The number of nitrogens with one attached hydrogen (secondary N) is 4. The molecule has 244 valence electrons. The summed E-state index contributed by atoms with van der Waals surface area (Å²) in [5.74, 6) is -0.949. The number of unbranched alkanes of at least 4 members (excludes halogenated alkanes) is 3. The number of aliphatic carboxylic acids is 1. The molecule has 2 aromatic carbocycles. The normalized spacial score (nSPS) is 14.2. The average molecular weight is 640 g/mol. The summed E-state index contributed by atoms with van der Waals surface area (Å²) in [6.07, 6.45) is 4.06. The molecule has 2 aromatic heterocycles. The molecule has 1 aliphatic rings. The highest BCUT2D eigenvalue weighted by Gasteiger charge is 2.31. The summed E-state index contributed by atoms with van der Waals surface area (Å²) in [6, 6.07) is 15.0. The second-order valence-electron chi connectivity index (χ2n) is 11.5. The summed E-state index contributed by atoms with van der Waals surface area (Å²) in [6.45, 7) is 1.42. The lowest BCUT2D eigenvalue weighted by molar-refractivity contribution is -0.141. The van der Waals surface area contributed by atoms with E-state index in [9.17, 15) is 24.3 Å². The van der Waals surface area contributed by atoms with Gasteiger partial charge >= 0.3 is 5.97 Å². The maximum absolute atomic E-state index is 13.4. The van der Waals surface area contributed by atoms with Gasteiger partial charge in [0.15, 0.2) is 5.82 Å². The van der Waals surface area contributed by atoms with Crippen LogP contribution in [0.25, 0.3) is 11.0 Å². The number of H-pyrrole nitrogens is 1. The fourth-order valence-corrected chi connectivity index (χ4v) is 5.52. The van der Waals surface area contributed by atoms with Gasteiger partial charge < -0.3 is 30.5 Å². The molecule has 1 atom stereocenters. The number of carboxylic acid groups (broad SMARTS) is 1. The standard InChI is InChI=1S/C33H37N9O5/c1-41(20-29-38-25-8-4-5-9-26(25)39-29)32(46)21-10-12-24-23(16-21)19-42(33(47)27(37-24)17-30(43)44)15-7-3-2-6-14-35-31(45)22-11-13-28(40-34)36-18-22/h4-5,8-13,16,18,27,34,37H,2-3,6-7,14-15,17,19-20H2,1H3,(H,35,45)(H,38,39)(H,43,44). The van der Waals surface area contributed by atoms with Crippen molar-refractivity contribution in [3.8, 4) is 0 Å². The highest BCUT2D eigenvalue weighted by molar-refractivity contribution is 5.96. The van der Waals surface area contributed by atoms with Gasteiger partial charge in [-0.3, -0.25) is 19.2 Å². The van der Waals surface area contributed by atoms with Crippen LogP contribution in [-0.2, 0) is 22.7 Å². The molecule has 0 fully saturated rings. The van der Waals surface area contributed by atoms with E-state index in [0.717, 1.165) is 35.9 Å². The van der Waals surface area contributed by atoms with Crippen molar-refractivity contribution in [2.45, 2.75) is 51.2 Å². The zero-order valence-electron chi connectivity index (χ0n) is 26.0. The number of aromatic amines is 1. The molecule has 0 radical (unpaired) electrons. The number of carboxylic acids is 1. The van der Waals surface area contributed by atoms with Crippen LogP contribution in [0.5, 0.6) is 0 Å². The number of hydrogen-bond acceptors (Lipinski definition) is 9. The summed E-state index contributed by atoms with van der Waals surface area (Å²) in [5, 5.41) is 18.6. The third kappa shape index (κ3) is 8.34. The Morgan fingerprint density at radius 2 is 1.87 bits per heavy atom. The Kier molecular flexibility index (Phi) is 10.5. The number of nitrogens with zero attached hydrogens (tertiary/aromatic N) is 5. The molecule has 4 aromatic rings. The number of benzene rings is 2. The lowest BCUT2D eigenvalue weighted by Gasteiger charge is -2.24. The molecule has 0 bridgehead atoms. The SMILES string of the molecule is CN(Cc1nc2ccccc2[nH]1)C(=O)c1ccc2c(c1)CN(CCCCCCNC(=O)c1ccc(N=N)nc1)C(=O)C(CC(=O)O)N2. The molecule has 0 aliphatic carbocycles. The van der Waals surface area contributed by atoms with Crippen molar-refractivity contribution in [3.63, 3.8) is 0 Å². The van der Waals surface area contributed by atoms with Crippen LogP contribution >= 0.6 is 0 Å². The van der Waals surface area contributed by atoms with Crippen molar-refractivity contribution < 1.29 is 24.3 Å². The lowest BCUT2D eigenvalue weighted by Crippen LogP contribution is -2.42. The van der Waals surface area contributed by atoms with Crippen LogP contribution in [0.2, 0.25) is 0 Å². The van der Waals surface area contributed by atoms with Gasteiger partial charge in [-0.25, -0.2) is 15.5 Å². The number of carbonyl (C=O) groups excluding carboxylic acids is 3. The molecule has 1 aliphatic heterocycles. The third-order valence-corrected chi connectivity index (χ3v) is 7.97. The molecule has 1 unspecified atom stereocenters. The molecule has 14 heteroatoms. The number of pyridine rings is 1. The first-order chi connectivity index (χ1) is 22.7. The number of anilines is 1. The van der Waals surface area contributed by atoms with Gasteiger partial charge in [0, 0.05) is 44.1 Å². The van der Waals surface area contributed by atoms with E-state index in [2.05, 4.69) is 30.7 Å². The van der Waals surface area contributed by atoms with Crippen LogP contribution in [0.4, 0.5) is 11.5 Å². The Labute approximate surface area is 271 Å². The summed E-state index contributed by atoms with van der Waals surface area (Å²) in [5.41, 5.74) is 10.9. The number of para-hydroxylation sites is 2. The second-order valence-corrected chi connectivity index (χ2v) is 11.5. The van der Waals surface area contributed by atoms with E-state index < -0.39 is 12.0 Å². The quantitative estimate of drug-likeness (QED) is 0.0983. The largest absolute Gasteiger partial charge is 0.481 e. The second kappa shape index (κ2) is 15.1. The number of amides is 3. The first-order valence-electron chi connectivity index (χ1n) is 15.4. The number of carbonyl (C=O) groups is 4. The van der Waals surface area contributed by atoms with Crippen LogP contribution in [0, 0.1) is 5.53 Å². The third-order valence-electron chi connectivity index (χ3n) is 7.97. The maximum Gasteiger partial charge on any atom is 0.305 e. The molecule has 5 N–H and O–H groups in total. The van der Waals surface area contributed by atoms with E-state index >= 15 is 0 Å². The molecule has 5 rings (SSSR count). The van der Waals surface area contributed by atoms with Gasteiger partial charge in [0.2, 0.25) is 5.91 Å². The molecular weight excluding hydrogens is 602 g/mol. The van der Waals surface area contributed by atoms with Crippen molar-refractivity contribution in [2.24, 2.45) is 5.11 Å². The predicted octanol–water partition coefficient (Wildman–Crippen LogP) is 4.48. The summed E-state index contributed by atoms with van der Waals surface area (Å²) in [7, 11) is 1.70. The van der Waals surface area contributed by atoms with Gasteiger partial charge in [-0.2, -0.15) is 0 Å². The van der Waals surface area contributed by atoms with Gasteiger partial charge in [0.1, 0.15) is 11.9 Å². The summed E-state index contributed by atoms with van der Waals surface area (Å²) in [4.78, 5) is 65.6. The highest BCUT2D eigenvalue weighted by Crippen LogP contribution is 2.27. The minimum Gasteiger partial charge on any atom is -0.481 e. The molecule has 47 heavy (non-hydrogen) atoms. The van der Waals surface area contributed by atoms with Gasteiger partial charge in [-0.05, 0) is 60.9 Å². The molecule has 0 spiro atoms. The Morgan fingerprint density at radius 1 is 1.09 bits per heavy atom. The van der Waals surface area contributed by atoms with Crippen LogP contribution in [0.15, 0.2) is 65.9 Å². The van der Waals surface area contributed by atoms with E-state index in [0.29, 0.717) is 42.1 Å². The number of hydrogen-bond donors (Lipinski definition) is 5. The van der Waals surface area contributed by atoms with E-state index in [1.54, 1.807) is 41.1 Å². The van der Waals surface area contributed by atoms with Crippen LogP contribution in [0.1, 0.15) is 64.2 Å². The number of fused-ring (bicyclic) bond motifs is 2. The Balaban J connectivity index is 1.17. The van der Waals surface area contributed by atoms with Crippen molar-refractivity contribution in [1.82, 2.24) is 30.1 Å². The van der Waals surface area contributed by atoms with E-state index in [1.807, 2.05) is 24.3 Å². The van der Waals surface area contributed by atoms with Gasteiger partial charge in [0.25, 0.3) is 11.8 Å².